The van der Waals surface area contributed by atoms with Gasteiger partial charge in [-0.3, -0.25) is 5.10 Å². The maximum atomic E-state index is 6.03. The maximum Gasteiger partial charge on any atom is 0.182 e. The van der Waals surface area contributed by atoms with Gasteiger partial charge in [0.25, 0.3) is 0 Å². The van der Waals surface area contributed by atoms with Gasteiger partial charge >= 0.3 is 0 Å². The molecule has 0 saturated carbocycles. The molecule has 1 aromatic heterocycles. The first kappa shape index (κ1) is 8.26. The number of aromatic nitrogens is 3. The number of hydrogen-bond donors (Lipinski definition) is 1. The summed E-state index contributed by atoms with van der Waals surface area (Å²) in [5.41, 5.74) is 1.98. The van der Waals surface area contributed by atoms with Gasteiger partial charge in [-0.2, -0.15) is 5.10 Å². The highest BCUT2D eigenvalue weighted by atomic mass is 35.5. The van der Waals surface area contributed by atoms with Gasteiger partial charge in [0.15, 0.2) is 5.82 Å². The average Bonchev–Trinajstić information content (AvgIpc) is 2.56. The van der Waals surface area contributed by atoms with E-state index < -0.39 is 0 Å². The van der Waals surface area contributed by atoms with E-state index in [2.05, 4.69) is 15.2 Å². The van der Waals surface area contributed by atoms with Crippen molar-refractivity contribution < 1.29 is 0 Å². The van der Waals surface area contributed by atoms with Crippen LogP contribution in [-0.4, -0.2) is 15.2 Å². The van der Waals surface area contributed by atoms with Gasteiger partial charge in [-0.15, -0.1) is 0 Å². The van der Waals surface area contributed by atoms with E-state index >= 15 is 0 Å². The molecule has 66 valence electrons. The van der Waals surface area contributed by atoms with Gasteiger partial charge in [-0.1, -0.05) is 17.7 Å². The van der Waals surface area contributed by atoms with Crippen molar-refractivity contribution in [2.24, 2.45) is 0 Å². The molecule has 0 aliphatic carbocycles. The van der Waals surface area contributed by atoms with Gasteiger partial charge in [0.05, 0.1) is 5.02 Å². The van der Waals surface area contributed by atoms with E-state index in [-0.39, 0.29) is 0 Å². The van der Waals surface area contributed by atoms with Crippen molar-refractivity contribution in [1.82, 2.24) is 15.2 Å². The van der Waals surface area contributed by atoms with Crippen LogP contribution in [0.4, 0.5) is 0 Å². The molecule has 3 nitrogen and oxygen atoms in total. The smallest absolute Gasteiger partial charge is 0.182 e. The molecule has 1 aromatic carbocycles. The van der Waals surface area contributed by atoms with Gasteiger partial charge in [0.1, 0.15) is 6.33 Å². The van der Waals surface area contributed by atoms with Crippen LogP contribution in [0.2, 0.25) is 5.02 Å². The molecule has 0 amide bonds. The van der Waals surface area contributed by atoms with Crippen LogP contribution < -0.4 is 0 Å². The van der Waals surface area contributed by atoms with Crippen LogP contribution in [0, 0.1) is 6.92 Å². The Balaban J connectivity index is 2.53. The quantitative estimate of drug-likeness (QED) is 0.756. The first-order valence-corrected chi connectivity index (χ1v) is 4.27. The van der Waals surface area contributed by atoms with Crippen molar-refractivity contribution >= 4 is 11.6 Å². The van der Waals surface area contributed by atoms with Crippen molar-refractivity contribution in [2.75, 3.05) is 0 Å². The summed E-state index contributed by atoms with van der Waals surface area (Å²) in [6.07, 6.45) is 1.53. The number of rotatable bonds is 1. The fourth-order valence-corrected chi connectivity index (χ4v) is 1.46. The number of aryl methyl sites for hydroxylation is 1. The zero-order valence-electron chi connectivity index (χ0n) is 7.08. The molecule has 0 spiro atoms. The Morgan fingerprint density at radius 3 is 2.85 bits per heavy atom. The largest absolute Gasteiger partial charge is 0.265 e. The van der Waals surface area contributed by atoms with E-state index in [1.165, 1.54) is 6.33 Å². The molecular formula is C9H8ClN3. The predicted molar refractivity (Wildman–Crippen MR) is 51.6 cm³/mol. The molecule has 0 aliphatic heterocycles. The molecule has 0 aliphatic rings. The summed E-state index contributed by atoms with van der Waals surface area (Å²) in [4.78, 5) is 4.03. The Morgan fingerprint density at radius 1 is 1.38 bits per heavy atom. The zero-order chi connectivity index (χ0) is 9.26. The van der Waals surface area contributed by atoms with E-state index in [1.54, 1.807) is 0 Å². The van der Waals surface area contributed by atoms with E-state index in [0.29, 0.717) is 10.8 Å². The minimum absolute atomic E-state index is 0.630. The minimum atomic E-state index is 0.630. The van der Waals surface area contributed by atoms with Crippen molar-refractivity contribution in [3.8, 4) is 11.4 Å². The molecule has 0 saturated heterocycles. The fourth-order valence-electron chi connectivity index (χ4n) is 1.14. The third-order valence-electron chi connectivity index (χ3n) is 1.78. The lowest BCUT2D eigenvalue weighted by atomic mass is 10.1. The topological polar surface area (TPSA) is 41.6 Å². The zero-order valence-corrected chi connectivity index (χ0v) is 7.84. The van der Waals surface area contributed by atoms with Crippen LogP contribution >= 0.6 is 11.6 Å². The van der Waals surface area contributed by atoms with E-state index in [9.17, 15) is 0 Å². The number of halogens is 1. The SMILES string of the molecule is Cc1ccc(-c2nc[nH]n2)c(Cl)c1. The second-order valence-electron chi connectivity index (χ2n) is 2.81. The van der Waals surface area contributed by atoms with E-state index in [4.69, 9.17) is 11.6 Å². The summed E-state index contributed by atoms with van der Waals surface area (Å²) in [5.74, 6) is 0.630. The Hall–Kier alpha value is -1.35. The minimum Gasteiger partial charge on any atom is -0.265 e. The number of nitrogens with zero attached hydrogens (tertiary/aromatic N) is 2. The summed E-state index contributed by atoms with van der Waals surface area (Å²) in [6, 6.07) is 5.80. The molecule has 1 heterocycles. The van der Waals surface area contributed by atoms with Gasteiger partial charge in [0.2, 0.25) is 0 Å². The standard InChI is InChI=1S/C9H8ClN3/c1-6-2-3-7(8(10)4-6)9-11-5-12-13-9/h2-5H,1H3,(H,11,12,13). The first-order chi connectivity index (χ1) is 6.27. The summed E-state index contributed by atoms with van der Waals surface area (Å²) in [7, 11) is 0. The number of nitrogens with one attached hydrogen (secondary N) is 1. The van der Waals surface area contributed by atoms with Crippen LogP contribution in [0.15, 0.2) is 24.5 Å². The third kappa shape index (κ3) is 1.55. The highest BCUT2D eigenvalue weighted by molar-refractivity contribution is 6.33. The molecule has 0 unspecified atom stereocenters. The summed E-state index contributed by atoms with van der Waals surface area (Å²) in [6.45, 7) is 1.99. The Morgan fingerprint density at radius 2 is 2.23 bits per heavy atom. The van der Waals surface area contributed by atoms with Gasteiger partial charge < -0.3 is 0 Å². The first-order valence-electron chi connectivity index (χ1n) is 3.89. The fraction of sp³-hybridized carbons (Fsp3) is 0.111. The summed E-state index contributed by atoms with van der Waals surface area (Å²) < 4.78 is 0. The van der Waals surface area contributed by atoms with Crippen LogP contribution in [0.5, 0.6) is 0 Å². The number of hydrogen-bond acceptors (Lipinski definition) is 2. The second kappa shape index (κ2) is 3.18. The molecule has 2 aromatic rings. The molecule has 0 atom stereocenters. The van der Waals surface area contributed by atoms with Crippen molar-refractivity contribution in [1.29, 1.82) is 0 Å². The lowest BCUT2D eigenvalue weighted by Gasteiger charge is -1.99. The molecule has 1 N–H and O–H groups in total. The lowest BCUT2D eigenvalue weighted by molar-refractivity contribution is 1.09. The van der Waals surface area contributed by atoms with Crippen molar-refractivity contribution in [3.63, 3.8) is 0 Å². The highest BCUT2D eigenvalue weighted by Crippen LogP contribution is 2.25. The molecule has 0 bridgehead atoms. The van der Waals surface area contributed by atoms with Crippen molar-refractivity contribution in [3.05, 3.63) is 35.1 Å². The molecular weight excluding hydrogens is 186 g/mol. The van der Waals surface area contributed by atoms with Crippen LogP contribution in [0.25, 0.3) is 11.4 Å². The molecule has 0 radical (unpaired) electrons. The Kier molecular flexibility index (Phi) is 2.02. The predicted octanol–water partition coefficient (Wildman–Crippen LogP) is 2.43. The van der Waals surface area contributed by atoms with Crippen LogP contribution in [0.1, 0.15) is 5.56 Å². The van der Waals surface area contributed by atoms with E-state index in [1.807, 2.05) is 25.1 Å². The molecule has 4 heteroatoms. The second-order valence-corrected chi connectivity index (χ2v) is 3.21. The van der Waals surface area contributed by atoms with Gasteiger partial charge in [-0.25, -0.2) is 4.98 Å². The Bertz CT molecular complexity index is 409. The molecule has 13 heavy (non-hydrogen) atoms. The summed E-state index contributed by atoms with van der Waals surface area (Å²) in [5, 5.41) is 7.29. The van der Waals surface area contributed by atoms with Crippen molar-refractivity contribution in [2.45, 2.75) is 6.92 Å². The van der Waals surface area contributed by atoms with Gasteiger partial charge in [-0.05, 0) is 24.6 Å². The van der Waals surface area contributed by atoms with Crippen LogP contribution in [-0.2, 0) is 0 Å². The molecule has 2 rings (SSSR count). The number of aromatic amines is 1. The monoisotopic (exact) mass is 193 g/mol. The maximum absolute atomic E-state index is 6.03. The molecule has 0 fully saturated rings. The number of H-pyrrole nitrogens is 1. The third-order valence-corrected chi connectivity index (χ3v) is 2.09. The van der Waals surface area contributed by atoms with E-state index in [0.717, 1.165) is 11.1 Å². The highest BCUT2D eigenvalue weighted by Gasteiger charge is 2.05. The van der Waals surface area contributed by atoms with Crippen LogP contribution in [0.3, 0.4) is 0 Å². The summed E-state index contributed by atoms with van der Waals surface area (Å²) >= 11 is 6.03. The normalized spacial score (nSPS) is 10.3. The Labute approximate surface area is 80.8 Å². The average molecular weight is 194 g/mol. The van der Waals surface area contributed by atoms with Gasteiger partial charge in [0, 0.05) is 5.56 Å². The number of benzene rings is 1. The lowest BCUT2D eigenvalue weighted by Crippen LogP contribution is -1.83.